The van der Waals surface area contributed by atoms with Crippen molar-refractivity contribution in [2.24, 2.45) is 11.8 Å². The van der Waals surface area contributed by atoms with E-state index in [9.17, 15) is 24.0 Å². The van der Waals surface area contributed by atoms with Crippen LogP contribution in [0.1, 0.15) is 68.2 Å². The molecular weight excluding hydrogens is 430 g/mol. The molecule has 33 heavy (non-hydrogen) atoms. The second-order valence-electron chi connectivity index (χ2n) is 9.89. The van der Waals surface area contributed by atoms with Crippen LogP contribution in [-0.4, -0.2) is 71.4 Å². The summed E-state index contributed by atoms with van der Waals surface area (Å²) in [4.78, 5) is 64.4. The first-order chi connectivity index (χ1) is 15.2. The Hall–Kier alpha value is -2.49. The van der Waals surface area contributed by atoms with Crippen molar-refractivity contribution in [1.82, 2.24) is 15.5 Å². The van der Waals surface area contributed by atoms with Gasteiger partial charge in [0.15, 0.2) is 0 Å². The molecule has 1 heterocycles. The van der Waals surface area contributed by atoms with Crippen LogP contribution in [0.3, 0.4) is 0 Å². The van der Waals surface area contributed by atoms with E-state index in [1.165, 1.54) is 0 Å². The van der Waals surface area contributed by atoms with Gasteiger partial charge in [0.05, 0.1) is 18.7 Å². The molecule has 1 unspecified atom stereocenters. The monoisotopic (exact) mass is 469 g/mol. The molecule has 188 valence electrons. The molecule has 3 amide bonds. The number of ether oxygens (including phenoxy) is 2. The second-order valence-corrected chi connectivity index (χ2v) is 9.89. The van der Waals surface area contributed by atoms with Crippen LogP contribution in [0.25, 0.3) is 0 Å². The van der Waals surface area contributed by atoms with Crippen molar-refractivity contribution in [3.05, 3.63) is 0 Å². The van der Waals surface area contributed by atoms with Gasteiger partial charge >= 0.3 is 12.1 Å². The van der Waals surface area contributed by atoms with Gasteiger partial charge in [0, 0.05) is 0 Å². The Kier molecular flexibility index (Phi) is 10.5. The minimum atomic E-state index is -0.985. The molecule has 3 atom stereocenters. The predicted molar refractivity (Wildman–Crippen MR) is 121 cm³/mol. The number of carbonyl (C=O) groups excluding carboxylic acids is 5. The van der Waals surface area contributed by atoms with Gasteiger partial charge in [-0.1, -0.05) is 27.7 Å². The van der Waals surface area contributed by atoms with E-state index in [1.54, 1.807) is 60.3 Å². The van der Waals surface area contributed by atoms with Gasteiger partial charge in [0.25, 0.3) is 5.78 Å². The Labute approximate surface area is 196 Å². The smallest absolute Gasteiger partial charge is 0.408 e. The average molecular weight is 470 g/mol. The fourth-order valence-electron chi connectivity index (χ4n) is 3.81. The van der Waals surface area contributed by atoms with E-state index in [4.69, 9.17) is 9.47 Å². The highest BCUT2D eigenvalue weighted by Crippen LogP contribution is 2.25. The number of hydrogen-bond acceptors (Lipinski definition) is 8. The maximum Gasteiger partial charge on any atom is 0.408 e. The lowest BCUT2D eigenvalue weighted by Crippen LogP contribution is -2.57. The molecule has 0 bridgehead atoms. The molecule has 1 aliphatic rings. The number of likely N-dealkylation sites (tertiary alicyclic amines) is 1. The van der Waals surface area contributed by atoms with E-state index >= 15 is 0 Å². The molecule has 0 aromatic heterocycles. The summed E-state index contributed by atoms with van der Waals surface area (Å²) in [6.07, 6.45) is 0.311. The number of imide groups is 1. The van der Waals surface area contributed by atoms with Gasteiger partial charge < -0.3 is 14.8 Å². The summed E-state index contributed by atoms with van der Waals surface area (Å²) in [5.74, 6) is -3.42. The molecule has 0 saturated carbocycles. The Bertz CT molecular complexity index is 743. The number of rotatable bonds is 9. The molecule has 0 aromatic carbocycles. The first-order valence-corrected chi connectivity index (χ1v) is 11.5. The summed E-state index contributed by atoms with van der Waals surface area (Å²) in [5.41, 5.74) is -0.737. The Morgan fingerprint density at radius 2 is 1.64 bits per heavy atom. The quantitative estimate of drug-likeness (QED) is 0.386. The minimum absolute atomic E-state index is 0.0784. The first-order valence-electron chi connectivity index (χ1n) is 11.5. The molecule has 0 aromatic rings. The molecule has 0 spiro atoms. The molecule has 1 aliphatic heterocycles. The third-order valence-electron chi connectivity index (χ3n) is 5.20. The van der Waals surface area contributed by atoms with Gasteiger partial charge in [0.1, 0.15) is 11.6 Å². The van der Waals surface area contributed by atoms with E-state index in [2.05, 4.69) is 10.6 Å². The topological polar surface area (TPSA) is 131 Å². The largest absolute Gasteiger partial charge is 0.460 e. The third-order valence-corrected chi connectivity index (χ3v) is 5.20. The van der Waals surface area contributed by atoms with Crippen LogP contribution in [0.15, 0.2) is 0 Å². The number of amides is 3. The van der Waals surface area contributed by atoms with Crippen molar-refractivity contribution >= 4 is 29.7 Å². The molecule has 1 rings (SSSR count). The van der Waals surface area contributed by atoms with Crippen LogP contribution in [0, 0.1) is 11.8 Å². The zero-order chi connectivity index (χ0) is 25.5. The van der Waals surface area contributed by atoms with Gasteiger partial charge in [-0.05, 0) is 58.9 Å². The second kappa shape index (κ2) is 12.1. The molecule has 10 nitrogen and oxygen atoms in total. The van der Waals surface area contributed by atoms with E-state index in [0.717, 1.165) is 0 Å². The number of carbonyl (C=O) groups is 5. The molecule has 1 saturated heterocycles. The SMILES string of the molecule is CCOC(=O)C(=O)C(C(C)C)N1CCC[C@H]1C(=O)NC(=O)[C@@H](NC(=O)OC(C)(C)C)C(C)C. The highest BCUT2D eigenvalue weighted by Gasteiger charge is 2.43. The number of alkyl carbamates (subject to hydrolysis) is 1. The molecular formula is C23H39N3O7. The fourth-order valence-corrected chi connectivity index (χ4v) is 3.81. The van der Waals surface area contributed by atoms with Crippen molar-refractivity contribution in [3.8, 4) is 0 Å². The fraction of sp³-hybridized carbons (Fsp3) is 0.783. The van der Waals surface area contributed by atoms with Crippen LogP contribution in [0.5, 0.6) is 0 Å². The lowest BCUT2D eigenvalue weighted by Gasteiger charge is -2.33. The van der Waals surface area contributed by atoms with Crippen molar-refractivity contribution in [2.75, 3.05) is 13.2 Å². The predicted octanol–water partition coefficient (Wildman–Crippen LogP) is 1.80. The number of nitrogens with one attached hydrogen (secondary N) is 2. The van der Waals surface area contributed by atoms with E-state index in [0.29, 0.717) is 19.4 Å². The Morgan fingerprint density at radius 3 is 2.12 bits per heavy atom. The van der Waals surface area contributed by atoms with E-state index in [1.807, 2.05) is 0 Å². The summed E-state index contributed by atoms with van der Waals surface area (Å²) in [7, 11) is 0. The number of esters is 1. The standard InChI is InChI=1S/C23H39N3O7/c1-9-32-21(30)18(27)17(14(4)5)26-12-10-11-15(26)19(28)25-20(29)16(13(2)3)24-22(31)33-23(6,7)8/h13-17H,9-12H2,1-8H3,(H,24,31)(H,25,28,29)/t15-,16-,17?/m0/s1. The number of nitrogens with zero attached hydrogens (tertiary/aromatic N) is 1. The minimum Gasteiger partial charge on any atom is -0.460 e. The number of hydrogen-bond donors (Lipinski definition) is 2. The van der Waals surface area contributed by atoms with Crippen molar-refractivity contribution < 1.29 is 33.4 Å². The summed E-state index contributed by atoms with van der Waals surface area (Å²) in [6.45, 7) is 14.3. The third kappa shape index (κ3) is 8.42. The van der Waals surface area contributed by atoms with Crippen molar-refractivity contribution in [3.63, 3.8) is 0 Å². The van der Waals surface area contributed by atoms with Crippen LogP contribution < -0.4 is 10.6 Å². The molecule has 1 fully saturated rings. The summed E-state index contributed by atoms with van der Waals surface area (Å²) in [5, 5.41) is 4.89. The molecule has 10 heteroatoms. The first kappa shape index (κ1) is 28.5. The van der Waals surface area contributed by atoms with Crippen LogP contribution in [-0.2, 0) is 28.7 Å². The van der Waals surface area contributed by atoms with Crippen LogP contribution >= 0.6 is 0 Å². The normalized spacial score (nSPS) is 18.5. The molecule has 2 N–H and O–H groups in total. The van der Waals surface area contributed by atoms with Gasteiger partial charge in [-0.15, -0.1) is 0 Å². The van der Waals surface area contributed by atoms with Crippen molar-refractivity contribution in [2.45, 2.75) is 92.0 Å². The van der Waals surface area contributed by atoms with Crippen molar-refractivity contribution in [1.29, 1.82) is 0 Å². The molecule has 0 aliphatic carbocycles. The van der Waals surface area contributed by atoms with Crippen LogP contribution in [0.4, 0.5) is 4.79 Å². The van der Waals surface area contributed by atoms with E-state index in [-0.39, 0.29) is 18.4 Å². The number of Topliss-reactive ketones (excluding diaryl/α,β-unsaturated/α-hetero) is 1. The summed E-state index contributed by atoms with van der Waals surface area (Å²) >= 11 is 0. The van der Waals surface area contributed by atoms with Gasteiger partial charge in [-0.25, -0.2) is 9.59 Å². The lowest BCUT2D eigenvalue weighted by atomic mass is 9.96. The summed E-state index contributed by atoms with van der Waals surface area (Å²) in [6, 6.07) is -2.58. The van der Waals surface area contributed by atoms with Crippen LogP contribution in [0.2, 0.25) is 0 Å². The van der Waals surface area contributed by atoms with Gasteiger partial charge in [-0.2, -0.15) is 0 Å². The van der Waals surface area contributed by atoms with E-state index < -0.39 is 53.4 Å². The Balaban J connectivity index is 2.95. The average Bonchev–Trinajstić information content (AvgIpc) is 3.13. The highest BCUT2D eigenvalue weighted by molar-refractivity contribution is 6.35. The lowest BCUT2D eigenvalue weighted by molar-refractivity contribution is -0.157. The maximum atomic E-state index is 13.0. The number of ketones is 1. The summed E-state index contributed by atoms with van der Waals surface area (Å²) < 4.78 is 10.1. The molecule has 0 radical (unpaired) electrons. The highest BCUT2D eigenvalue weighted by atomic mass is 16.6. The zero-order valence-electron chi connectivity index (χ0n) is 21.0. The zero-order valence-corrected chi connectivity index (χ0v) is 21.0. The Morgan fingerprint density at radius 1 is 1.03 bits per heavy atom. The van der Waals surface area contributed by atoms with Gasteiger partial charge in [-0.3, -0.25) is 24.6 Å². The van der Waals surface area contributed by atoms with Gasteiger partial charge in [0.2, 0.25) is 11.8 Å². The maximum absolute atomic E-state index is 13.0.